The lowest BCUT2D eigenvalue weighted by Gasteiger charge is -2.20. The molecule has 0 radical (unpaired) electrons. The summed E-state index contributed by atoms with van der Waals surface area (Å²) in [6.07, 6.45) is 0. The summed E-state index contributed by atoms with van der Waals surface area (Å²) in [7, 11) is 1.62. The molecule has 1 rings (SSSR count). The fourth-order valence-corrected chi connectivity index (χ4v) is 1.92. The lowest BCUT2D eigenvalue weighted by molar-refractivity contribution is 0.181. The van der Waals surface area contributed by atoms with Crippen LogP contribution in [0.15, 0.2) is 4.79 Å². The molecule has 0 aliphatic carbocycles. The summed E-state index contributed by atoms with van der Waals surface area (Å²) in [6, 6.07) is 0. The molecule has 0 aliphatic heterocycles. The summed E-state index contributed by atoms with van der Waals surface area (Å²) in [5.74, 6) is 0. The molecule has 0 amide bonds. The van der Waals surface area contributed by atoms with Crippen LogP contribution in [0.5, 0.6) is 0 Å². The topological polar surface area (TPSA) is 54.1 Å². The standard InChI is InChI=1S/C10H18N2O2S/c1-10(2,3)11-5-8-7(6-14-4)12-9(13)15-8/h11H,5-6H2,1-4H3,(H,12,13). The smallest absolute Gasteiger partial charge is 0.305 e. The van der Waals surface area contributed by atoms with Gasteiger partial charge in [0.25, 0.3) is 0 Å². The third-order valence-corrected chi connectivity index (χ3v) is 2.80. The summed E-state index contributed by atoms with van der Waals surface area (Å²) in [4.78, 5) is 15.0. The number of methoxy groups -OCH3 is 1. The predicted octanol–water partition coefficient (Wildman–Crippen LogP) is 1.47. The molecule has 0 atom stereocenters. The molecular weight excluding hydrogens is 212 g/mol. The maximum absolute atomic E-state index is 11.2. The van der Waals surface area contributed by atoms with Crippen molar-refractivity contribution in [2.24, 2.45) is 0 Å². The summed E-state index contributed by atoms with van der Waals surface area (Å²) >= 11 is 1.24. The molecule has 1 aromatic heterocycles. The van der Waals surface area contributed by atoms with Gasteiger partial charge in [0, 0.05) is 24.1 Å². The van der Waals surface area contributed by atoms with E-state index in [9.17, 15) is 4.79 Å². The summed E-state index contributed by atoms with van der Waals surface area (Å²) in [6.45, 7) is 7.45. The van der Waals surface area contributed by atoms with Crippen LogP contribution >= 0.6 is 11.3 Å². The quantitative estimate of drug-likeness (QED) is 0.823. The molecule has 0 aromatic carbocycles. The number of ether oxygens (including phenoxy) is 1. The Balaban J connectivity index is 2.71. The van der Waals surface area contributed by atoms with Gasteiger partial charge < -0.3 is 15.0 Å². The van der Waals surface area contributed by atoms with Crippen LogP contribution in [-0.4, -0.2) is 17.6 Å². The Morgan fingerprint density at radius 1 is 1.47 bits per heavy atom. The predicted molar refractivity (Wildman–Crippen MR) is 62.2 cm³/mol. The molecule has 2 N–H and O–H groups in total. The molecule has 0 bridgehead atoms. The van der Waals surface area contributed by atoms with Gasteiger partial charge in [-0.05, 0) is 20.8 Å². The number of aromatic amines is 1. The normalized spacial score (nSPS) is 12.0. The Labute approximate surface area is 93.7 Å². The number of hydrogen-bond donors (Lipinski definition) is 2. The number of hydrogen-bond acceptors (Lipinski definition) is 4. The Bertz CT molecular complexity index is 362. The Morgan fingerprint density at radius 3 is 2.67 bits per heavy atom. The molecule has 4 nitrogen and oxygen atoms in total. The van der Waals surface area contributed by atoms with Crippen LogP contribution in [0.1, 0.15) is 31.3 Å². The second kappa shape index (κ2) is 4.92. The average Bonchev–Trinajstić information content (AvgIpc) is 2.42. The van der Waals surface area contributed by atoms with E-state index in [1.807, 2.05) is 0 Å². The molecule has 0 aliphatic rings. The fraction of sp³-hybridized carbons (Fsp3) is 0.700. The van der Waals surface area contributed by atoms with Crippen LogP contribution in [0.3, 0.4) is 0 Å². The van der Waals surface area contributed by atoms with Crippen LogP contribution in [-0.2, 0) is 17.9 Å². The zero-order valence-corrected chi connectivity index (χ0v) is 10.5. The fourth-order valence-electron chi connectivity index (χ4n) is 1.14. The van der Waals surface area contributed by atoms with Crippen molar-refractivity contribution in [2.45, 2.75) is 39.5 Å². The second-order valence-electron chi connectivity index (χ2n) is 4.45. The van der Waals surface area contributed by atoms with E-state index in [0.29, 0.717) is 13.2 Å². The lowest BCUT2D eigenvalue weighted by atomic mass is 10.1. The highest BCUT2D eigenvalue weighted by Gasteiger charge is 2.12. The van der Waals surface area contributed by atoms with Crippen molar-refractivity contribution in [1.29, 1.82) is 0 Å². The Hall–Kier alpha value is -0.650. The minimum atomic E-state index is -0.0206. The summed E-state index contributed by atoms with van der Waals surface area (Å²) in [5, 5.41) is 3.35. The second-order valence-corrected chi connectivity index (χ2v) is 5.52. The molecule has 0 fully saturated rings. The zero-order chi connectivity index (χ0) is 11.5. The molecule has 0 unspecified atom stereocenters. The molecule has 5 heteroatoms. The van der Waals surface area contributed by atoms with Crippen LogP contribution in [0, 0.1) is 0 Å². The van der Waals surface area contributed by atoms with Gasteiger partial charge in [-0.15, -0.1) is 0 Å². The van der Waals surface area contributed by atoms with E-state index < -0.39 is 0 Å². The molecule has 1 heterocycles. The lowest BCUT2D eigenvalue weighted by Crippen LogP contribution is -2.35. The van der Waals surface area contributed by atoms with Crippen molar-refractivity contribution in [1.82, 2.24) is 10.3 Å². The van der Waals surface area contributed by atoms with E-state index in [-0.39, 0.29) is 10.4 Å². The van der Waals surface area contributed by atoms with Crippen molar-refractivity contribution in [3.63, 3.8) is 0 Å². The van der Waals surface area contributed by atoms with E-state index in [2.05, 4.69) is 31.1 Å². The molecule has 1 aromatic rings. The number of nitrogens with one attached hydrogen (secondary N) is 2. The first-order chi connectivity index (χ1) is 6.92. The summed E-state index contributed by atoms with van der Waals surface area (Å²) in [5.41, 5.74) is 0.932. The van der Waals surface area contributed by atoms with Gasteiger partial charge in [0.05, 0.1) is 12.3 Å². The first-order valence-corrected chi connectivity index (χ1v) is 5.69. The first kappa shape index (κ1) is 12.4. The van der Waals surface area contributed by atoms with Crippen LogP contribution in [0.4, 0.5) is 0 Å². The third kappa shape index (κ3) is 4.15. The molecule has 0 spiro atoms. The van der Waals surface area contributed by atoms with E-state index in [1.54, 1.807) is 7.11 Å². The van der Waals surface area contributed by atoms with E-state index in [0.717, 1.165) is 10.6 Å². The van der Waals surface area contributed by atoms with Crippen LogP contribution in [0.2, 0.25) is 0 Å². The van der Waals surface area contributed by atoms with Gasteiger partial charge in [0.1, 0.15) is 0 Å². The zero-order valence-electron chi connectivity index (χ0n) is 9.64. The highest BCUT2D eigenvalue weighted by molar-refractivity contribution is 7.09. The highest BCUT2D eigenvalue weighted by atomic mass is 32.1. The van der Waals surface area contributed by atoms with E-state index >= 15 is 0 Å². The van der Waals surface area contributed by atoms with Crippen molar-refractivity contribution >= 4 is 11.3 Å². The largest absolute Gasteiger partial charge is 0.378 e. The molecule has 15 heavy (non-hydrogen) atoms. The molecular formula is C10H18N2O2S. The molecule has 0 saturated heterocycles. The summed E-state index contributed by atoms with van der Waals surface area (Å²) < 4.78 is 5.02. The van der Waals surface area contributed by atoms with Crippen LogP contribution in [0.25, 0.3) is 0 Å². The van der Waals surface area contributed by atoms with Gasteiger partial charge in [-0.25, -0.2) is 0 Å². The van der Waals surface area contributed by atoms with E-state index in [4.69, 9.17) is 4.74 Å². The third-order valence-electron chi connectivity index (χ3n) is 1.87. The van der Waals surface area contributed by atoms with Gasteiger partial charge >= 0.3 is 4.87 Å². The van der Waals surface area contributed by atoms with Crippen molar-refractivity contribution < 1.29 is 4.74 Å². The molecule has 0 saturated carbocycles. The Morgan fingerprint density at radius 2 is 2.13 bits per heavy atom. The number of thiazole rings is 1. The maximum atomic E-state index is 11.2. The minimum absolute atomic E-state index is 0.0206. The minimum Gasteiger partial charge on any atom is -0.378 e. The van der Waals surface area contributed by atoms with E-state index in [1.165, 1.54) is 11.3 Å². The van der Waals surface area contributed by atoms with Crippen LogP contribution < -0.4 is 10.2 Å². The average molecular weight is 230 g/mol. The Kier molecular flexibility index (Phi) is 4.07. The van der Waals surface area contributed by atoms with Gasteiger partial charge in [-0.1, -0.05) is 11.3 Å². The van der Waals surface area contributed by atoms with Gasteiger partial charge in [-0.2, -0.15) is 0 Å². The first-order valence-electron chi connectivity index (χ1n) is 4.87. The number of H-pyrrole nitrogens is 1. The highest BCUT2D eigenvalue weighted by Crippen LogP contribution is 2.12. The number of rotatable bonds is 4. The SMILES string of the molecule is COCc1[nH]c(=O)sc1CNC(C)(C)C. The number of aromatic nitrogens is 1. The van der Waals surface area contributed by atoms with Gasteiger partial charge in [0.15, 0.2) is 0 Å². The maximum Gasteiger partial charge on any atom is 0.305 e. The van der Waals surface area contributed by atoms with Crippen molar-refractivity contribution in [3.05, 3.63) is 20.2 Å². The van der Waals surface area contributed by atoms with Crippen molar-refractivity contribution in [3.8, 4) is 0 Å². The van der Waals surface area contributed by atoms with Gasteiger partial charge in [-0.3, -0.25) is 4.79 Å². The molecule has 86 valence electrons. The monoisotopic (exact) mass is 230 g/mol. The van der Waals surface area contributed by atoms with Crippen molar-refractivity contribution in [2.75, 3.05) is 7.11 Å². The van der Waals surface area contributed by atoms with Gasteiger partial charge in [0.2, 0.25) is 0 Å².